The van der Waals surface area contributed by atoms with Crippen LogP contribution in [0.1, 0.15) is 26.5 Å². The Balaban J connectivity index is 2.27. The van der Waals surface area contributed by atoms with Crippen molar-refractivity contribution in [2.24, 2.45) is 0 Å². The highest BCUT2D eigenvalue weighted by Gasteiger charge is 2.25. The molecule has 104 valence electrons. The van der Waals surface area contributed by atoms with E-state index in [2.05, 4.69) is 4.98 Å². The summed E-state index contributed by atoms with van der Waals surface area (Å²) in [6, 6.07) is 0. The average Bonchev–Trinajstić information content (AvgIpc) is 2.74. The minimum atomic E-state index is -1.06. The van der Waals surface area contributed by atoms with E-state index in [1.165, 1.54) is 11.3 Å². The van der Waals surface area contributed by atoms with Gasteiger partial charge in [-0.25, -0.2) is 9.78 Å². The molecular formula is C13H13N3O3S. The summed E-state index contributed by atoms with van der Waals surface area (Å²) in [6.45, 7) is 2.81. The number of carboxylic acids is 1. The third-order valence-corrected chi connectivity index (χ3v) is 4.71. The van der Waals surface area contributed by atoms with Crippen molar-refractivity contribution >= 4 is 39.6 Å². The third-order valence-electron chi connectivity index (χ3n) is 3.60. The number of rotatable bonds is 2. The molecular weight excluding hydrogens is 278 g/mol. The summed E-state index contributed by atoms with van der Waals surface area (Å²) in [5.74, 6) is -1.06. The van der Waals surface area contributed by atoms with Crippen LogP contribution in [-0.2, 0) is 17.8 Å². The van der Waals surface area contributed by atoms with E-state index in [0.717, 1.165) is 27.1 Å². The molecule has 0 aromatic carbocycles. The Hall–Kier alpha value is -2.15. The molecule has 0 radical (unpaired) electrons. The Labute approximate surface area is 118 Å². The number of aromatic nitrogens is 1. The van der Waals surface area contributed by atoms with Crippen molar-refractivity contribution in [3.05, 3.63) is 21.7 Å². The Morgan fingerprint density at radius 1 is 1.55 bits per heavy atom. The second-order valence-electron chi connectivity index (χ2n) is 4.80. The zero-order chi connectivity index (χ0) is 14.4. The van der Waals surface area contributed by atoms with E-state index in [1.807, 2.05) is 0 Å². The fraction of sp³-hybridized carbons (Fsp3) is 0.308. The van der Waals surface area contributed by atoms with Crippen LogP contribution in [0.2, 0.25) is 0 Å². The predicted octanol–water partition coefficient (Wildman–Crippen LogP) is 1.40. The fourth-order valence-corrected chi connectivity index (χ4v) is 3.96. The number of aromatic carboxylic acids is 1. The molecule has 0 saturated heterocycles. The average molecular weight is 291 g/mol. The smallest absolute Gasteiger partial charge is 0.339 e. The minimum Gasteiger partial charge on any atom is -0.478 e. The topological polar surface area (TPSA) is 96.5 Å². The van der Waals surface area contributed by atoms with Crippen LogP contribution in [0.3, 0.4) is 0 Å². The fourth-order valence-electron chi connectivity index (χ4n) is 2.65. The first kappa shape index (κ1) is 12.9. The van der Waals surface area contributed by atoms with E-state index >= 15 is 0 Å². The van der Waals surface area contributed by atoms with Gasteiger partial charge < -0.3 is 15.7 Å². The van der Waals surface area contributed by atoms with Crippen LogP contribution in [0.4, 0.5) is 5.69 Å². The molecule has 7 heteroatoms. The van der Waals surface area contributed by atoms with E-state index < -0.39 is 5.97 Å². The summed E-state index contributed by atoms with van der Waals surface area (Å²) in [4.78, 5) is 30.0. The van der Waals surface area contributed by atoms with E-state index in [0.29, 0.717) is 25.2 Å². The van der Waals surface area contributed by atoms with Gasteiger partial charge in [-0.1, -0.05) is 0 Å². The van der Waals surface area contributed by atoms with Crippen LogP contribution in [-0.4, -0.2) is 33.9 Å². The first-order valence-electron chi connectivity index (χ1n) is 6.16. The molecule has 3 N–H and O–H groups in total. The van der Waals surface area contributed by atoms with Gasteiger partial charge in [0.25, 0.3) is 0 Å². The van der Waals surface area contributed by atoms with Gasteiger partial charge >= 0.3 is 5.97 Å². The number of nitrogens with two attached hydrogens (primary N) is 1. The molecule has 1 aliphatic rings. The largest absolute Gasteiger partial charge is 0.478 e. The number of anilines is 1. The van der Waals surface area contributed by atoms with Crippen molar-refractivity contribution in [2.45, 2.75) is 19.9 Å². The first-order valence-corrected chi connectivity index (χ1v) is 6.97. The van der Waals surface area contributed by atoms with Gasteiger partial charge in [0.1, 0.15) is 10.4 Å². The van der Waals surface area contributed by atoms with Crippen molar-refractivity contribution in [1.82, 2.24) is 9.88 Å². The maximum absolute atomic E-state index is 11.3. The zero-order valence-corrected chi connectivity index (χ0v) is 11.7. The summed E-state index contributed by atoms with van der Waals surface area (Å²) >= 11 is 1.48. The Morgan fingerprint density at radius 3 is 2.95 bits per heavy atom. The molecule has 0 atom stereocenters. The number of hydrogen-bond acceptors (Lipinski definition) is 5. The Kier molecular flexibility index (Phi) is 2.86. The van der Waals surface area contributed by atoms with Gasteiger partial charge in [-0.15, -0.1) is 11.3 Å². The number of aryl methyl sites for hydroxylation is 1. The van der Waals surface area contributed by atoms with E-state index in [1.54, 1.807) is 11.8 Å². The molecule has 1 amide bonds. The van der Waals surface area contributed by atoms with Gasteiger partial charge in [0.05, 0.1) is 17.9 Å². The van der Waals surface area contributed by atoms with Crippen molar-refractivity contribution in [1.29, 1.82) is 0 Å². The van der Waals surface area contributed by atoms with Crippen LogP contribution < -0.4 is 5.73 Å². The highest BCUT2D eigenvalue weighted by atomic mass is 32.1. The molecule has 3 rings (SSSR count). The molecule has 20 heavy (non-hydrogen) atoms. The minimum absolute atomic E-state index is 0.0796. The number of nitrogen functional groups attached to an aromatic ring is 1. The molecule has 2 aromatic heterocycles. The molecule has 6 nitrogen and oxygen atoms in total. The number of carboxylic acid groups (broad SMARTS) is 1. The number of pyridine rings is 1. The number of thiophene rings is 1. The number of nitrogens with zero attached hydrogens (tertiary/aromatic N) is 2. The van der Waals surface area contributed by atoms with Crippen molar-refractivity contribution in [3.63, 3.8) is 0 Å². The number of carbonyl (C=O) groups excluding carboxylic acids is 1. The van der Waals surface area contributed by atoms with Crippen molar-refractivity contribution in [3.8, 4) is 0 Å². The SMILES string of the molecule is Cc1nc2sc3c(c2c(N)c1C(=O)O)CCN(C=O)C3. The van der Waals surface area contributed by atoms with E-state index in [9.17, 15) is 14.7 Å². The summed E-state index contributed by atoms with van der Waals surface area (Å²) in [7, 11) is 0. The Morgan fingerprint density at radius 2 is 2.30 bits per heavy atom. The highest BCUT2D eigenvalue weighted by Crippen LogP contribution is 2.39. The quantitative estimate of drug-likeness (QED) is 0.815. The van der Waals surface area contributed by atoms with E-state index in [-0.39, 0.29) is 11.3 Å². The first-order chi connectivity index (χ1) is 9.52. The van der Waals surface area contributed by atoms with Gasteiger partial charge in [0, 0.05) is 16.8 Å². The molecule has 3 heterocycles. The summed E-state index contributed by atoms with van der Waals surface area (Å²) in [6.07, 6.45) is 1.51. The lowest BCUT2D eigenvalue weighted by Crippen LogP contribution is -2.28. The molecule has 0 bridgehead atoms. The lowest BCUT2D eigenvalue weighted by atomic mass is 10.0. The molecule has 0 spiro atoms. The summed E-state index contributed by atoms with van der Waals surface area (Å²) in [5.41, 5.74) is 7.89. The number of fused-ring (bicyclic) bond motifs is 3. The van der Waals surface area contributed by atoms with Crippen molar-refractivity contribution in [2.75, 3.05) is 12.3 Å². The second-order valence-corrected chi connectivity index (χ2v) is 5.88. The monoisotopic (exact) mass is 291 g/mol. The molecule has 0 unspecified atom stereocenters. The summed E-state index contributed by atoms with van der Waals surface area (Å²) in [5, 5.41) is 10.0. The van der Waals surface area contributed by atoms with Crippen LogP contribution in [0, 0.1) is 6.92 Å². The van der Waals surface area contributed by atoms with Crippen LogP contribution >= 0.6 is 11.3 Å². The predicted molar refractivity (Wildman–Crippen MR) is 75.9 cm³/mol. The van der Waals surface area contributed by atoms with Gasteiger partial charge in [0.2, 0.25) is 6.41 Å². The van der Waals surface area contributed by atoms with Gasteiger partial charge in [-0.05, 0) is 18.9 Å². The standard InChI is InChI=1S/C13H13N3O3S/c1-6-9(13(18)19)11(14)10-7-2-3-16(5-17)4-8(7)20-12(10)15-6/h5H,2-4H2,1H3,(H2,14,15)(H,18,19). The zero-order valence-electron chi connectivity index (χ0n) is 10.8. The molecule has 0 saturated carbocycles. The number of carbonyl (C=O) groups is 2. The maximum Gasteiger partial charge on any atom is 0.339 e. The highest BCUT2D eigenvalue weighted by molar-refractivity contribution is 7.19. The number of amides is 1. The van der Waals surface area contributed by atoms with Crippen molar-refractivity contribution < 1.29 is 14.7 Å². The van der Waals surface area contributed by atoms with Gasteiger partial charge in [-0.3, -0.25) is 4.79 Å². The maximum atomic E-state index is 11.3. The van der Waals surface area contributed by atoms with Crippen LogP contribution in [0.25, 0.3) is 10.2 Å². The normalized spacial score (nSPS) is 14.3. The van der Waals surface area contributed by atoms with Crippen LogP contribution in [0.15, 0.2) is 0 Å². The Bertz CT molecular complexity index is 738. The molecule has 0 fully saturated rings. The molecule has 0 aliphatic carbocycles. The van der Waals surface area contributed by atoms with Gasteiger partial charge in [-0.2, -0.15) is 0 Å². The van der Waals surface area contributed by atoms with Crippen LogP contribution in [0.5, 0.6) is 0 Å². The lowest BCUT2D eigenvalue weighted by molar-refractivity contribution is -0.118. The van der Waals surface area contributed by atoms with E-state index in [4.69, 9.17) is 5.73 Å². The second kappa shape index (κ2) is 4.45. The molecule has 2 aromatic rings. The number of hydrogen-bond donors (Lipinski definition) is 2. The summed E-state index contributed by atoms with van der Waals surface area (Å²) < 4.78 is 0. The van der Waals surface area contributed by atoms with Gasteiger partial charge in [0.15, 0.2) is 0 Å². The lowest BCUT2D eigenvalue weighted by Gasteiger charge is -2.22. The molecule has 1 aliphatic heterocycles. The third kappa shape index (κ3) is 1.74.